The Hall–Kier alpha value is -2.44. The number of fused-ring (bicyclic) bond motifs is 2. The molecule has 144 valence electrons. The monoisotopic (exact) mass is 369 g/mol. The predicted molar refractivity (Wildman–Crippen MR) is 102 cm³/mol. The molecule has 7 nitrogen and oxygen atoms in total. The number of imidazole rings is 1. The summed E-state index contributed by atoms with van der Waals surface area (Å²) in [5.41, 5.74) is 1.60. The van der Waals surface area contributed by atoms with E-state index in [-0.39, 0.29) is 16.9 Å². The van der Waals surface area contributed by atoms with Crippen molar-refractivity contribution in [3.8, 4) is 0 Å². The first-order valence-electron chi connectivity index (χ1n) is 9.90. The lowest BCUT2D eigenvalue weighted by Crippen LogP contribution is -2.48. The largest absolute Gasteiger partial charge is 0.342 e. The smallest absolute Gasteiger partial charge is 0.254 e. The van der Waals surface area contributed by atoms with Gasteiger partial charge in [0, 0.05) is 55.8 Å². The molecule has 1 fully saturated rings. The van der Waals surface area contributed by atoms with E-state index in [1.54, 1.807) is 6.20 Å². The lowest BCUT2D eigenvalue weighted by atomic mass is 9.77. The van der Waals surface area contributed by atoms with Crippen LogP contribution in [0.25, 0.3) is 0 Å². The van der Waals surface area contributed by atoms with Crippen molar-refractivity contribution in [3.63, 3.8) is 0 Å². The minimum atomic E-state index is -0.147. The molecule has 27 heavy (non-hydrogen) atoms. The zero-order valence-electron chi connectivity index (χ0n) is 16.1. The van der Waals surface area contributed by atoms with Crippen molar-refractivity contribution in [1.82, 2.24) is 24.4 Å². The average Bonchev–Trinajstić information content (AvgIpc) is 3.25. The van der Waals surface area contributed by atoms with Crippen LogP contribution in [0.3, 0.4) is 0 Å². The fraction of sp³-hybridized carbons (Fsp3) is 0.600. The number of hydrogen-bond donors (Lipinski definition) is 1. The van der Waals surface area contributed by atoms with Crippen LogP contribution in [-0.2, 0) is 29.6 Å². The number of carbonyl (C=O) groups excluding carboxylic acids is 1. The first-order chi connectivity index (χ1) is 13.0. The van der Waals surface area contributed by atoms with Crippen LogP contribution in [0, 0.1) is 6.92 Å². The Morgan fingerprint density at radius 3 is 3.04 bits per heavy atom. The highest BCUT2D eigenvalue weighted by Gasteiger charge is 2.45. The van der Waals surface area contributed by atoms with Crippen LogP contribution in [0.5, 0.6) is 0 Å². The van der Waals surface area contributed by atoms with Gasteiger partial charge in [0.15, 0.2) is 0 Å². The number of carbonyl (C=O) groups is 1. The normalized spacial score (nSPS) is 21.6. The van der Waals surface area contributed by atoms with Crippen LogP contribution < -0.4 is 5.56 Å². The van der Waals surface area contributed by atoms with E-state index in [9.17, 15) is 9.59 Å². The highest BCUT2D eigenvalue weighted by molar-refractivity contribution is 5.76. The molecule has 1 saturated heterocycles. The summed E-state index contributed by atoms with van der Waals surface area (Å²) in [6.07, 6.45) is 8.71. The summed E-state index contributed by atoms with van der Waals surface area (Å²) in [4.78, 5) is 39.0. The van der Waals surface area contributed by atoms with Gasteiger partial charge >= 0.3 is 0 Å². The Kier molecular flexibility index (Phi) is 4.61. The van der Waals surface area contributed by atoms with Gasteiger partial charge in [-0.25, -0.2) is 9.97 Å². The molecule has 2 aromatic rings. The van der Waals surface area contributed by atoms with Gasteiger partial charge in [0.2, 0.25) is 5.91 Å². The molecule has 1 aliphatic heterocycles. The predicted octanol–water partition coefficient (Wildman–Crippen LogP) is 1.73. The van der Waals surface area contributed by atoms with Crippen LogP contribution in [0.4, 0.5) is 0 Å². The van der Waals surface area contributed by atoms with Crippen LogP contribution >= 0.6 is 0 Å². The number of rotatable bonds is 4. The third-order valence-corrected chi connectivity index (χ3v) is 6.10. The zero-order chi connectivity index (χ0) is 19.0. The molecule has 2 aromatic heterocycles. The molecule has 1 unspecified atom stereocenters. The fourth-order valence-electron chi connectivity index (χ4n) is 4.74. The molecular formula is C20H27N5O2. The topological polar surface area (TPSA) is 83.9 Å². The lowest BCUT2D eigenvalue weighted by molar-refractivity contribution is -0.133. The Bertz CT molecular complexity index is 915. The molecule has 3 heterocycles. The number of nitrogens with zero attached hydrogens (tertiary/aromatic N) is 4. The van der Waals surface area contributed by atoms with Gasteiger partial charge in [0.1, 0.15) is 11.6 Å². The van der Waals surface area contributed by atoms with Crippen molar-refractivity contribution >= 4 is 5.91 Å². The second-order valence-corrected chi connectivity index (χ2v) is 7.82. The molecule has 0 bridgehead atoms. The zero-order valence-corrected chi connectivity index (χ0v) is 16.1. The van der Waals surface area contributed by atoms with E-state index in [1.807, 2.05) is 18.0 Å². The van der Waals surface area contributed by atoms with E-state index in [1.165, 1.54) is 0 Å². The fourth-order valence-corrected chi connectivity index (χ4v) is 4.74. The third kappa shape index (κ3) is 3.19. The van der Waals surface area contributed by atoms with Gasteiger partial charge in [-0.2, -0.15) is 0 Å². The van der Waals surface area contributed by atoms with E-state index in [0.29, 0.717) is 25.3 Å². The van der Waals surface area contributed by atoms with Gasteiger partial charge < -0.3 is 14.5 Å². The van der Waals surface area contributed by atoms with E-state index in [2.05, 4.69) is 26.4 Å². The molecule has 1 spiro atoms. The van der Waals surface area contributed by atoms with Crippen LogP contribution in [0.15, 0.2) is 17.2 Å². The number of aromatic nitrogens is 4. The molecule has 1 amide bonds. The second kappa shape index (κ2) is 6.94. The van der Waals surface area contributed by atoms with Crippen molar-refractivity contribution in [3.05, 3.63) is 45.7 Å². The Morgan fingerprint density at radius 1 is 1.37 bits per heavy atom. The summed E-state index contributed by atoms with van der Waals surface area (Å²) in [5.74, 6) is 1.86. The molecule has 1 N–H and O–H groups in total. The second-order valence-electron chi connectivity index (χ2n) is 7.82. The Morgan fingerprint density at radius 2 is 2.22 bits per heavy atom. The van der Waals surface area contributed by atoms with E-state index in [0.717, 1.165) is 55.7 Å². The summed E-state index contributed by atoms with van der Waals surface area (Å²) in [5, 5.41) is 0. The maximum Gasteiger partial charge on any atom is 0.254 e. The van der Waals surface area contributed by atoms with Crippen molar-refractivity contribution in [2.45, 2.75) is 64.3 Å². The summed E-state index contributed by atoms with van der Waals surface area (Å²) >= 11 is 0. The quantitative estimate of drug-likeness (QED) is 0.890. The van der Waals surface area contributed by atoms with Gasteiger partial charge in [0.25, 0.3) is 5.56 Å². The maximum absolute atomic E-state index is 12.9. The van der Waals surface area contributed by atoms with E-state index >= 15 is 0 Å². The standard InChI is InChI=1S/C20H27N5O2/c1-3-16-21-9-12-24(16)11-6-17(26)25-10-4-7-20(13-25)8-5-15-18(20)22-14(2)23-19(15)27/h9,12H,3-8,10-11,13H2,1-2H3,(H,22,23,27). The number of likely N-dealkylation sites (tertiary alicyclic amines) is 1. The first kappa shape index (κ1) is 17.9. The van der Waals surface area contributed by atoms with Crippen LogP contribution in [-0.4, -0.2) is 43.4 Å². The van der Waals surface area contributed by atoms with Crippen molar-refractivity contribution in [1.29, 1.82) is 0 Å². The van der Waals surface area contributed by atoms with Crippen molar-refractivity contribution in [2.75, 3.05) is 13.1 Å². The number of aryl methyl sites for hydroxylation is 3. The molecule has 1 aliphatic carbocycles. The van der Waals surface area contributed by atoms with E-state index in [4.69, 9.17) is 0 Å². The van der Waals surface area contributed by atoms with Crippen LogP contribution in [0.1, 0.15) is 55.5 Å². The third-order valence-electron chi connectivity index (χ3n) is 6.10. The van der Waals surface area contributed by atoms with Gasteiger partial charge in [-0.05, 0) is 32.6 Å². The molecule has 4 rings (SSSR count). The first-order valence-corrected chi connectivity index (χ1v) is 9.90. The SMILES string of the molecule is CCc1nccn1CCC(=O)N1CCCC2(CCc3c2nc(C)[nH]c3=O)C1. The van der Waals surface area contributed by atoms with Gasteiger partial charge in [-0.3, -0.25) is 9.59 Å². The van der Waals surface area contributed by atoms with Crippen LogP contribution in [0.2, 0.25) is 0 Å². The molecule has 0 radical (unpaired) electrons. The summed E-state index contributed by atoms with van der Waals surface area (Å²) in [6, 6.07) is 0. The molecule has 1 atom stereocenters. The molecular weight excluding hydrogens is 342 g/mol. The number of hydrogen-bond acceptors (Lipinski definition) is 4. The summed E-state index contributed by atoms with van der Waals surface area (Å²) in [6.45, 7) is 6.04. The van der Waals surface area contributed by atoms with E-state index < -0.39 is 0 Å². The molecule has 0 aromatic carbocycles. The summed E-state index contributed by atoms with van der Waals surface area (Å²) < 4.78 is 2.06. The van der Waals surface area contributed by atoms with Crippen molar-refractivity contribution in [2.24, 2.45) is 0 Å². The Balaban J connectivity index is 1.49. The van der Waals surface area contributed by atoms with Crippen molar-refractivity contribution < 1.29 is 4.79 Å². The average molecular weight is 369 g/mol. The molecule has 2 aliphatic rings. The Labute approximate surface area is 158 Å². The number of aromatic amines is 1. The highest BCUT2D eigenvalue weighted by atomic mass is 16.2. The molecule has 0 saturated carbocycles. The number of amides is 1. The van der Waals surface area contributed by atoms with Gasteiger partial charge in [0.05, 0.1) is 5.69 Å². The number of H-pyrrole nitrogens is 1. The van der Waals surface area contributed by atoms with Gasteiger partial charge in [-0.1, -0.05) is 6.92 Å². The maximum atomic E-state index is 12.9. The minimum Gasteiger partial charge on any atom is -0.342 e. The number of piperidine rings is 1. The summed E-state index contributed by atoms with van der Waals surface area (Å²) in [7, 11) is 0. The minimum absolute atomic E-state index is 0.00923. The molecule has 7 heteroatoms. The highest BCUT2D eigenvalue weighted by Crippen LogP contribution is 2.43. The number of nitrogens with one attached hydrogen (secondary N) is 1. The van der Waals surface area contributed by atoms with Gasteiger partial charge in [-0.15, -0.1) is 0 Å². The lowest BCUT2D eigenvalue weighted by Gasteiger charge is -2.40.